The third-order valence-corrected chi connectivity index (χ3v) is 4.86. The van der Waals surface area contributed by atoms with Gasteiger partial charge in [0.25, 0.3) is 5.69 Å². The van der Waals surface area contributed by atoms with Crippen LogP contribution in [0, 0.1) is 10.1 Å². The number of benzene rings is 1. The maximum Gasteiger partial charge on any atom is 0.271 e. The Hall–Kier alpha value is -1.14. The molecule has 19 heavy (non-hydrogen) atoms. The third kappa shape index (κ3) is 2.23. The molecular formula is C13H16BrN3O2. The molecular weight excluding hydrogens is 310 g/mol. The predicted molar refractivity (Wildman–Crippen MR) is 77.3 cm³/mol. The second-order valence-electron chi connectivity index (χ2n) is 5.42. The van der Waals surface area contributed by atoms with Crippen LogP contribution in [0.15, 0.2) is 22.7 Å². The molecule has 3 rings (SSSR count). The second-order valence-corrected chi connectivity index (χ2v) is 6.27. The Bertz CT molecular complexity index is 509. The highest BCUT2D eigenvalue weighted by molar-refractivity contribution is 9.10. The fourth-order valence-electron chi connectivity index (χ4n) is 3.42. The number of halogens is 1. The largest absolute Gasteiger partial charge is 0.364 e. The lowest BCUT2D eigenvalue weighted by Gasteiger charge is -2.39. The van der Waals surface area contributed by atoms with Crippen molar-refractivity contribution >= 4 is 27.3 Å². The molecule has 2 N–H and O–H groups in total. The molecule has 2 heterocycles. The topological polar surface area (TPSA) is 72.4 Å². The first-order chi connectivity index (χ1) is 9.06. The molecule has 0 saturated carbocycles. The zero-order chi connectivity index (χ0) is 13.6. The van der Waals surface area contributed by atoms with E-state index in [1.807, 2.05) is 0 Å². The number of nitrogens with zero attached hydrogens (tertiary/aromatic N) is 2. The van der Waals surface area contributed by atoms with Gasteiger partial charge in [-0.1, -0.05) is 0 Å². The maximum absolute atomic E-state index is 10.9. The minimum atomic E-state index is -0.340. The van der Waals surface area contributed by atoms with E-state index in [-0.39, 0.29) is 16.7 Å². The molecule has 1 aromatic carbocycles. The van der Waals surface area contributed by atoms with Gasteiger partial charge < -0.3 is 10.6 Å². The summed E-state index contributed by atoms with van der Waals surface area (Å²) in [7, 11) is 0. The number of nitrogens with two attached hydrogens (primary N) is 1. The molecule has 5 nitrogen and oxygen atoms in total. The van der Waals surface area contributed by atoms with E-state index >= 15 is 0 Å². The molecule has 0 radical (unpaired) electrons. The van der Waals surface area contributed by atoms with E-state index in [9.17, 15) is 10.1 Å². The average Bonchev–Trinajstić information content (AvgIpc) is 2.62. The summed E-state index contributed by atoms with van der Waals surface area (Å²) < 4.78 is 0.922. The molecule has 0 amide bonds. The number of fused-ring (bicyclic) bond motifs is 2. The lowest BCUT2D eigenvalue weighted by atomic mass is 9.97. The number of hydrogen-bond acceptors (Lipinski definition) is 4. The van der Waals surface area contributed by atoms with Gasteiger partial charge in [0.1, 0.15) is 0 Å². The number of nitro groups is 1. The van der Waals surface area contributed by atoms with E-state index in [4.69, 9.17) is 5.73 Å². The van der Waals surface area contributed by atoms with E-state index in [1.54, 1.807) is 12.1 Å². The molecule has 0 aliphatic carbocycles. The number of nitro benzene ring substituents is 1. The Balaban J connectivity index is 1.98. The minimum absolute atomic E-state index is 0.146. The van der Waals surface area contributed by atoms with Crippen molar-refractivity contribution in [3.8, 4) is 0 Å². The number of non-ortho nitro benzene ring substituents is 1. The minimum Gasteiger partial charge on any atom is -0.364 e. The van der Waals surface area contributed by atoms with Gasteiger partial charge in [0.05, 0.1) is 10.6 Å². The molecule has 2 saturated heterocycles. The van der Waals surface area contributed by atoms with E-state index in [0.717, 1.165) is 35.8 Å². The van der Waals surface area contributed by atoms with E-state index in [1.165, 1.54) is 6.07 Å². The van der Waals surface area contributed by atoms with Crippen LogP contribution < -0.4 is 10.6 Å². The van der Waals surface area contributed by atoms with E-state index in [0.29, 0.717) is 12.1 Å². The normalized spacial score (nSPS) is 29.6. The zero-order valence-electron chi connectivity index (χ0n) is 10.5. The lowest BCUT2D eigenvalue weighted by Crippen LogP contribution is -2.47. The number of anilines is 1. The summed E-state index contributed by atoms with van der Waals surface area (Å²) in [6.45, 7) is 0. The van der Waals surface area contributed by atoms with Crippen molar-refractivity contribution in [2.75, 3.05) is 4.90 Å². The van der Waals surface area contributed by atoms with Crippen LogP contribution in [-0.4, -0.2) is 23.0 Å². The molecule has 2 atom stereocenters. The quantitative estimate of drug-likeness (QED) is 0.670. The molecule has 2 aliphatic heterocycles. The summed E-state index contributed by atoms with van der Waals surface area (Å²) in [4.78, 5) is 12.9. The Labute approximate surface area is 120 Å². The van der Waals surface area contributed by atoms with Gasteiger partial charge in [-0.2, -0.15) is 0 Å². The van der Waals surface area contributed by atoms with Crippen LogP contribution in [0.3, 0.4) is 0 Å². The predicted octanol–water partition coefficient (Wildman–Crippen LogP) is 2.82. The van der Waals surface area contributed by atoms with Crippen LogP contribution in [0.2, 0.25) is 0 Å². The summed E-state index contributed by atoms with van der Waals surface area (Å²) in [6.07, 6.45) is 4.22. The van der Waals surface area contributed by atoms with Crippen LogP contribution in [0.1, 0.15) is 25.7 Å². The summed E-state index contributed by atoms with van der Waals surface area (Å²) in [5.74, 6) is 0. The van der Waals surface area contributed by atoms with Crippen molar-refractivity contribution in [2.24, 2.45) is 5.73 Å². The maximum atomic E-state index is 10.9. The van der Waals surface area contributed by atoms with Crippen molar-refractivity contribution in [2.45, 2.75) is 43.8 Å². The molecule has 1 aromatic rings. The third-order valence-electron chi connectivity index (χ3n) is 4.19. The molecule has 0 spiro atoms. The standard InChI is InChI=1S/C13H16BrN3O2/c14-12-4-3-11(17(18)19)7-13(12)16-9-1-2-10(16)6-8(15)5-9/h3-4,7-10H,1-2,5-6,15H2. The van der Waals surface area contributed by atoms with Gasteiger partial charge in [0.15, 0.2) is 0 Å². The average molecular weight is 326 g/mol. The first-order valence-electron chi connectivity index (χ1n) is 6.54. The highest BCUT2D eigenvalue weighted by Crippen LogP contribution is 2.42. The SMILES string of the molecule is NC1CC2CCC(C1)N2c1cc([N+](=O)[O-])ccc1Br. The number of rotatable bonds is 2. The van der Waals surface area contributed by atoms with Crippen LogP contribution in [-0.2, 0) is 0 Å². The molecule has 2 bridgehead atoms. The Morgan fingerprint density at radius 2 is 1.95 bits per heavy atom. The van der Waals surface area contributed by atoms with E-state index in [2.05, 4.69) is 20.8 Å². The summed E-state index contributed by atoms with van der Waals surface area (Å²) >= 11 is 3.52. The fraction of sp³-hybridized carbons (Fsp3) is 0.538. The van der Waals surface area contributed by atoms with Crippen molar-refractivity contribution in [3.63, 3.8) is 0 Å². The summed E-state index contributed by atoms with van der Waals surface area (Å²) in [5.41, 5.74) is 7.15. The van der Waals surface area contributed by atoms with Gasteiger partial charge in [-0.05, 0) is 47.7 Å². The van der Waals surface area contributed by atoms with Gasteiger partial charge in [-0.15, -0.1) is 0 Å². The van der Waals surface area contributed by atoms with E-state index < -0.39 is 0 Å². The van der Waals surface area contributed by atoms with Crippen LogP contribution in [0.25, 0.3) is 0 Å². The highest BCUT2D eigenvalue weighted by atomic mass is 79.9. The first kappa shape index (κ1) is 12.9. The van der Waals surface area contributed by atoms with Crippen LogP contribution in [0.4, 0.5) is 11.4 Å². The molecule has 6 heteroatoms. The smallest absolute Gasteiger partial charge is 0.271 e. The Kier molecular flexibility index (Phi) is 3.22. The summed E-state index contributed by atoms with van der Waals surface area (Å²) in [6, 6.07) is 6.09. The van der Waals surface area contributed by atoms with Crippen molar-refractivity contribution in [1.29, 1.82) is 0 Å². The molecule has 2 unspecified atom stereocenters. The van der Waals surface area contributed by atoms with Gasteiger partial charge in [0, 0.05) is 34.7 Å². The van der Waals surface area contributed by atoms with Gasteiger partial charge >= 0.3 is 0 Å². The Morgan fingerprint density at radius 1 is 1.32 bits per heavy atom. The first-order valence-corrected chi connectivity index (χ1v) is 7.33. The van der Waals surface area contributed by atoms with Crippen molar-refractivity contribution < 1.29 is 4.92 Å². The molecule has 2 fully saturated rings. The van der Waals surface area contributed by atoms with Crippen molar-refractivity contribution in [1.82, 2.24) is 0 Å². The van der Waals surface area contributed by atoms with Crippen LogP contribution in [0.5, 0.6) is 0 Å². The monoisotopic (exact) mass is 325 g/mol. The van der Waals surface area contributed by atoms with Gasteiger partial charge in [-0.25, -0.2) is 0 Å². The highest BCUT2D eigenvalue weighted by Gasteiger charge is 2.40. The zero-order valence-corrected chi connectivity index (χ0v) is 12.0. The number of hydrogen-bond donors (Lipinski definition) is 1. The van der Waals surface area contributed by atoms with Crippen molar-refractivity contribution in [3.05, 3.63) is 32.8 Å². The Morgan fingerprint density at radius 3 is 2.53 bits per heavy atom. The van der Waals surface area contributed by atoms with Gasteiger partial charge in [0.2, 0.25) is 0 Å². The fourth-order valence-corrected chi connectivity index (χ4v) is 3.88. The van der Waals surface area contributed by atoms with Gasteiger partial charge in [-0.3, -0.25) is 10.1 Å². The lowest BCUT2D eigenvalue weighted by molar-refractivity contribution is -0.384. The second kappa shape index (κ2) is 4.76. The molecule has 0 aromatic heterocycles. The van der Waals surface area contributed by atoms with Crippen LogP contribution >= 0.6 is 15.9 Å². The molecule has 2 aliphatic rings. The molecule has 102 valence electrons. The number of piperidine rings is 1. The summed E-state index contributed by atoms with van der Waals surface area (Å²) in [5, 5.41) is 10.9.